The fourth-order valence-corrected chi connectivity index (χ4v) is 0.298. The minimum absolute atomic E-state index is 0.0833. The number of carbonyl (C=O) groups is 2. The number of aliphatic carboxylic acids is 1. The Bertz CT molecular complexity index is 138. The zero-order chi connectivity index (χ0) is 9.98. The second kappa shape index (κ2) is 10.6. The van der Waals surface area contributed by atoms with Gasteiger partial charge >= 0.3 is 11.9 Å². The number of esters is 1. The number of carbonyl (C=O) groups excluding carboxylic acids is 1. The molecule has 0 aromatic rings. The van der Waals surface area contributed by atoms with Crippen LogP contribution in [0.3, 0.4) is 0 Å². The van der Waals surface area contributed by atoms with Gasteiger partial charge in [0.1, 0.15) is 0 Å². The number of carboxylic acids is 1. The van der Waals surface area contributed by atoms with Gasteiger partial charge in [-0.25, -0.2) is 0 Å². The molecule has 0 unspecified atom stereocenters. The molecule has 0 aliphatic rings. The number of ether oxygens (including phenoxy) is 1. The van der Waals surface area contributed by atoms with Gasteiger partial charge < -0.3 is 9.84 Å². The van der Waals surface area contributed by atoms with Crippen molar-refractivity contribution in [3.8, 4) is 0 Å². The number of carboxylic acid groups (broad SMARTS) is 1. The first-order valence-electron chi connectivity index (χ1n) is 3.17. The van der Waals surface area contributed by atoms with Crippen molar-refractivity contribution >= 4 is 37.2 Å². The van der Waals surface area contributed by atoms with Gasteiger partial charge in [0.05, 0.1) is 18.1 Å². The summed E-state index contributed by atoms with van der Waals surface area (Å²) in [5.41, 5.74) is 0. The highest BCUT2D eigenvalue weighted by molar-refractivity contribution is 7.81. The van der Waals surface area contributed by atoms with E-state index in [-0.39, 0.29) is 17.5 Å². The van der Waals surface area contributed by atoms with E-state index in [4.69, 9.17) is 5.11 Å². The van der Waals surface area contributed by atoms with Gasteiger partial charge in [-0.05, 0) is 6.92 Å². The van der Waals surface area contributed by atoms with Gasteiger partial charge in [0.25, 0.3) is 0 Å². The van der Waals surface area contributed by atoms with Crippen molar-refractivity contribution in [1.29, 1.82) is 0 Å². The fraction of sp³-hybridized carbons (Fsp3) is 0.667. The molecule has 0 saturated heterocycles. The predicted octanol–water partition coefficient (Wildman–Crippen LogP) is 0.480. The Balaban J connectivity index is 0. The average Bonchev–Trinajstić information content (AvgIpc) is 2.06. The van der Waals surface area contributed by atoms with Crippen molar-refractivity contribution in [1.82, 2.24) is 0 Å². The van der Waals surface area contributed by atoms with Crippen LogP contribution in [0.5, 0.6) is 0 Å². The van der Waals surface area contributed by atoms with Crippen LogP contribution in [0, 0.1) is 0 Å². The van der Waals surface area contributed by atoms with Gasteiger partial charge in [0, 0.05) is 0 Å². The topological polar surface area (TPSA) is 63.6 Å². The highest BCUT2D eigenvalue weighted by Gasteiger charge is 1.91. The van der Waals surface area contributed by atoms with Crippen LogP contribution in [0.2, 0.25) is 0 Å². The fourth-order valence-electron chi connectivity index (χ4n) is 0.207. The van der Waals surface area contributed by atoms with Crippen LogP contribution in [-0.4, -0.2) is 35.2 Å². The standard InChI is InChI=1S/C4H8O2S.C2H4O2S/c1-2-6-4(5)3-7;3-2(4)1-5/h7H,2-3H2,1H3;5H,1H2,(H,3,4). The summed E-state index contributed by atoms with van der Waals surface area (Å²) in [6.07, 6.45) is 0. The van der Waals surface area contributed by atoms with E-state index in [1.54, 1.807) is 6.92 Å². The molecule has 6 heteroatoms. The van der Waals surface area contributed by atoms with Crippen molar-refractivity contribution in [3.05, 3.63) is 0 Å². The summed E-state index contributed by atoms with van der Waals surface area (Å²) in [6, 6.07) is 0. The Labute approximate surface area is 82.1 Å². The van der Waals surface area contributed by atoms with Crippen LogP contribution < -0.4 is 0 Å². The van der Waals surface area contributed by atoms with Gasteiger partial charge in [0.15, 0.2) is 0 Å². The molecule has 0 bridgehead atoms. The van der Waals surface area contributed by atoms with Crippen LogP contribution in [0.15, 0.2) is 0 Å². The summed E-state index contributed by atoms with van der Waals surface area (Å²) in [7, 11) is 0. The van der Waals surface area contributed by atoms with Crippen molar-refractivity contribution in [2.75, 3.05) is 18.1 Å². The van der Waals surface area contributed by atoms with E-state index in [1.807, 2.05) is 0 Å². The third-order valence-corrected chi connectivity index (χ3v) is 1.10. The van der Waals surface area contributed by atoms with Gasteiger partial charge in [-0.15, -0.1) is 0 Å². The normalized spacial score (nSPS) is 7.92. The largest absolute Gasteiger partial charge is 0.481 e. The minimum Gasteiger partial charge on any atom is -0.481 e. The summed E-state index contributed by atoms with van der Waals surface area (Å²) in [5.74, 6) is -1.05. The van der Waals surface area contributed by atoms with Gasteiger partial charge in [0.2, 0.25) is 0 Å². The molecule has 0 saturated carbocycles. The summed E-state index contributed by atoms with van der Waals surface area (Å²) in [4.78, 5) is 19.4. The van der Waals surface area contributed by atoms with Gasteiger partial charge in [-0.2, -0.15) is 25.3 Å². The molecule has 0 spiro atoms. The molecule has 0 amide bonds. The van der Waals surface area contributed by atoms with E-state index in [0.717, 1.165) is 0 Å². The number of hydrogen-bond donors (Lipinski definition) is 3. The Morgan fingerprint density at radius 2 is 1.75 bits per heavy atom. The first-order chi connectivity index (χ1) is 5.58. The Hall–Kier alpha value is -0.360. The van der Waals surface area contributed by atoms with Gasteiger partial charge in [-0.3, -0.25) is 9.59 Å². The summed E-state index contributed by atoms with van der Waals surface area (Å²) in [5, 5.41) is 7.65. The zero-order valence-electron chi connectivity index (χ0n) is 6.69. The smallest absolute Gasteiger partial charge is 0.315 e. The quantitative estimate of drug-likeness (QED) is 0.470. The maximum atomic E-state index is 10.1. The molecular formula is C6H12O4S2. The Kier molecular flexibility index (Phi) is 12.6. The summed E-state index contributed by atoms with van der Waals surface area (Å²) >= 11 is 7.09. The number of rotatable bonds is 3. The van der Waals surface area contributed by atoms with E-state index in [9.17, 15) is 9.59 Å². The highest BCUT2D eigenvalue weighted by atomic mass is 32.1. The van der Waals surface area contributed by atoms with E-state index in [0.29, 0.717) is 6.61 Å². The van der Waals surface area contributed by atoms with E-state index >= 15 is 0 Å². The van der Waals surface area contributed by atoms with E-state index < -0.39 is 5.97 Å². The maximum Gasteiger partial charge on any atom is 0.315 e. The second-order valence-corrected chi connectivity index (χ2v) is 2.15. The molecule has 0 aromatic heterocycles. The van der Waals surface area contributed by atoms with Crippen molar-refractivity contribution < 1.29 is 19.4 Å². The maximum absolute atomic E-state index is 10.1. The highest BCUT2D eigenvalue weighted by Crippen LogP contribution is 1.78. The molecule has 12 heavy (non-hydrogen) atoms. The third kappa shape index (κ3) is 16.3. The van der Waals surface area contributed by atoms with Crippen LogP contribution in [-0.2, 0) is 14.3 Å². The lowest BCUT2D eigenvalue weighted by molar-refractivity contribution is -0.139. The molecule has 0 atom stereocenters. The average molecular weight is 212 g/mol. The molecule has 0 aromatic carbocycles. The molecule has 4 nitrogen and oxygen atoms in total. The molecule has 0 rings (SSSR count). The summed E-state index contributed by atoms with van der Waals surface area (Å²) < 4.78 is 4.48. The lowest BCUT2D eigenvalue weighted by Crippen LogP contribution is -2.03. The van der Waals surface area contributed by atoms with Gasteiger partial charge in [-0.1, -0.05) is 0 Å². The third-order valence-electron chi connectivity index (χ3n) is 0.570. The monoisotopic (exact) mass is 212 g/mol. The van der Waals surface area contributed by atoms with Crippen molar-refractivity contribution in [3.63, 3.8) is 0 Å². The first kappa shape index (κ1) is 14.2. The molecule has 0 radical (unpaired) electrons. The van der Waals surface area contributed by atoms with Crippen molar-refractivity contribution in [2.24, 2.45) is 0 Å². The zero-order valence-corrected chi connectivity index (χ0v) is 8.48. The molecule has 0 heterocycles. The predicted molar refractivity (Wildman–Crippen MR) is 52.0 cm³/mol. The van der Waals surface area contributed by atoms with Crippen LogP contribution in [0.1, 0.15) is 6.92 Å². The SMILES string of the molecule is CCOC(=O)CS.O=C(O)CS. The molecule has 72 valence electrons. The molecule has 0 fully saturated rings. The van der Waals surface area contributed by atoms with Crippen LogP contribution in [0.25, 0.3) is 0 Å². The van der Waals surface area contributed by atoms with Crippen LogP contribution in [0.4, 0.5) is 0 Å². The molecule has 1 N–H and O–H groups in total. The number of thiol groups is 2. The van der Waals surface area contributed by atoms with E-state index in [1.165, 1.54) is 0 Å². The molecule has 0 aliphatic heterocycles. The first-order valence-corrected chi connectivity index (χ1v) is 4.44. The molecular weight excluding hydrogens is 200 g/mol. The molecule has 0 aliphatic carbocycles. The van der Waals surface area contributed by atoms with Crippen molar-refractivity contribution in [2.45, 2.75) is 6.92 Å². The Morgan fingerprint density at radius 3 is 1.83 bits per heavy atom. The van der Waals surface area contributed by atoms with Crippen LogP contribution >= 0.6 is 25.3 Å². The van der Waals surface area contributed by atoms with E-state index in [2.05, 4.69) is 30.0 Å². The lowest BCUT2D eigenvalue weighted by Gasteiger charge is -1.93. The number of hydrogen-bond acceptors (Lipinski definition) is 5. The lowest BCUT2D eigenvalue weighted by atomic mass is 10.8. The minimum atomic E-state index is -0.881. The Morgan fingerprint density at radius 1 is 1.33 bits per heavy atom. The second-order valence-electron chi connectivity index (χ2n) is 1.51. The summed E-state index contributed by atoms with van der Waals surface area (Å²) in [6.45, 7) is 2.21.